The molecule has 14 heavy (non-hydrogen) atoms. The van der Waals surface area contributed by atoms with Gasteiger partial charge in [0.05, 0.1) is 4.48 Å². The maximum atomic E-state index is 12.5. The first-order valence-corrected chi connectivity index (χ1v) is 3.87. The second kappa shape index (κ2) is 5.56. The highest BCUT2D eigenvalue weighted by molar-refractivity contribution is 6.50. The monoisotopic (exact) mass is 213 g/mol. The molecule has 0 aliphatic heterocycles. The van der Waals surface area contributed by atoms with Crippen LogP contribution in [0.3, 0.4) is 0 Å². The molecule has 0 aromatic carbocycles. The fraction of sp³-hybridized carbons (Fsp3) is 0.286. The summed E-state index contributed by atoms with van der Waals surface area (Å²) in [6.07, 6.45) is 2.14. The summed E-state index contributed by atoms with van der Waals surface area (Å²) < 4.78 is 51.5. The van der Waals surface area contributed by atoms with Crippen LogP contribution in [-0.4, -0.2) is 7.25 Å². The van der Waals surface area contributed by atoms with Gasteiger partial charge in [-0.2, -0.15) is 0 Å². The molecule has 0 spiro atoms. The molecule has 0 N–H and O–H groups in total. The zero-order chi connectivity index (χ0) is 11.2. The Morgan fingerprint density at radius 1 is 1.21 bits per heavy atom. The van der Waals surface area contributed by atoms with Gasteiger partial charge in [0.15, 0.2) is 0 Å². The molecule has 1 aromatic heterocycles. The third kappa shape index (κ3) is 7.51. The average Bonchev–Trinajstić information content (AvgIpc) is 2.02. The number of halogens is 5. The van der Waals surface area contributed by atoms with Gasteiger partial charge in [0.1, 0.15) is 0 Å². The number of hydrogen-bond donors (Lipinski definition) is 0. The standard InChI is InChI=1S/C7H9FN.BF4/c1-2-7-5-3-4-6-9(7)8;2-1(3,4)5/h3-6H,2H2,1H3;/q+1;-1. The van der Waals surface area contributed by atoms with Crippen LogP contribution in [0.1, 0.15) is 12.6 Å². The molecule has 80 valence electrons. The lowest BCUT2D eigenvalue weighted by Crippen LogP contribution is -2.26. The molecule has 0 unspecified atom stereocenters. The Morgan fingerprint density at radius 2 is 1.71 bits per heavy atom. The summed E-state index contributed by atoms with van der Waals surface area (Å²) in [5.41, 5.74) is 0.706. The maximum absolute atomic E-state index is 12.5. The predicted octanol–water partition coefficient (Wildman–Crippen LogP) is 2.57. The molecular formula is C7H9BF5N. The van der Waals surface area contributed by atoms with Gasteiger partial charge in [0.2, 0.25) is 11.9 Å². The highest BCUT2D eigenvalue weighted by atomic mass is 19.5. The minimum absolute atomic E-state index is 0.639. The fourth-order valence-corrected chi connectivity index (χ4v) is 0.728. The van der Waals surface area contributed by atoms with Crippen LogP contribution >= 0.6 is 0 Å². The van der Waals surface area contributed by atoms with E-state index >= 15 is 0 Å². The molecule has 1 nitrogen and oxygen atoms in total. The van der Waals surface area contributed by atoms with Crippen LogP contribution in [0.5, 0.6) is 0 Å². The summed E-state index contributed by atoms with van der Waals surface area (Å²) in [6, 6.07) is 5.26. The minimum Gasteiger partial charge on any atom is -0.418 e. The van der Waals surface area contributed by atoms with Crippen molar-refractivity contribution in [3.05, 3.63) is 30.1 Å². The van der Waals surface area contributed by atoms with E-state index < -0.39 is 7.25 Å². The van der Waals surface area contributed by atoms with Crippen molar-refractivity contribution < 1.29 is 26.5 Å². The van der Waals surface area contributed by atoms with E-state index in [4.69, 9.17) is 0 Å². The Morgan fingerprint density at radius 3 is 2.00 bits per heavy atom. The first kappa shape index (κ1) is 12.9. The van der Waals surface area contributed by atoms with Crippen LogP contribution in [0.15, 0.2) is 24.4 Å². The number of aromatic nitrogens is 1. The van der Waals surface area contributed by atoms with Crippen LogP contribution in [0.25, 0.3) is 0 Å². The van der Waals surface area contributed by atoms with Crippen molar-refractivity contribution >= 4 is 7.25 Å². The second-order valence-electron chi connectivity index (χ2n) is 2.35. The molecular weight excluding hydrogens is 204 g/mol. The topological polar surface area (TPSA) is 3.88 Å². The zero-order valence-corrected chi connectivity index (χ0v) is 7.43. The summed E-state index contributed by atoms with van der Waals surface area (Å²) in [6.45, 7) is 1.92. The van der Waals surface area contributed by atoms with Gasteiger partial charge in [-0.1, -0.05) is 6.92 Å². The van der Waals surface area contributed by atoms with Crippen LogP contribution in [0, 0.1) is 0 Å². The van der Waals surface area contributed by atoms with Crippen LogP contribution in [0.4, 0.5) is 21.7 Å². The molecule has 0 aliphatic rings. The van der Waals surface area contributed by atoms with E-state index in [1.54, 1.807) is 12.1 Å². The van der Waals surface area contributed by atoms with Crippen molar-refractivity contribution in [3.8, 4) is 0 Å². The van der Waals surface area contributed by atoms with E-state index in [1.165, 1.54) is 6.20 Å². The normalized spacial score (nSPS) is 10.4. The predicted molar refractivity (Wildman–Crippen MR) is 42.7 cm³/mol. The second-order valence-corrected chi connectivity index (χ2v) is 2.35. The first-order valence-electron chi connectivity index (χ1n) is 3.87. The van der Waals surface area contributed by atoms with Gasteiger partial charge in [0, 0.05) is 23.3 Å². The molecule has 1 heterocycles. The molecule has 7 heteroatoms. The van der Waals surface area contributed by atoms with Gasteiger partial charge in [-0.05, 0) is 6.07 Å². The summed E-state index contributed by atoms with van der Waals surface area (Å²) >= 11 is 0. The number of pyridine rings is 1. The number of hydrogen-bond acceptors (Lipinski definition) is 0. The number of rotatable bonds is 1. The van der Waals surface area contributed by atoms with E-state index in [0.717, 1.165) is 6.42 Å². The molecule has 0 radical (unpaired) electrons. The first-order chi connectivity index (χ1) is 6.34. The van der Waals surface area contributed by atoms with Crippen molar-refractivity contribution in [1.29, 1.82) is 0 Å². The van der Waals surface area contributed by atoms with Gasteiger partial charge < -0.3 is 17.3 Å². The lowest BCUT2D eigenvalue weighted by atomic mass is 10.3. The smallest absolute Gasteiger partial charge is 0.418 e. The summed E-state index contributed by atoms with van der Waals surface area (Å²) in [5, 5.41) is 0. The zero-order valence-electron chi connectivity index (χ0n) is 7.43. The molecule has 1 rings (SSSR count). The largest absolute Gasteiger partial charge is 0.673 e. The Balaban J connectivity index is 0.000000292. The van der Waals surface area contributed by atoms with Gasteiger partial charge in [-0.25, -0.2) is 0 Å². The van der Waals surface area contributed by atoms with Crippen molar-refractivity contribution in [2.75, 3.05) is 0 Å². The van der Waals surface area contributed by atoms with Crippen LogP contribution in [0.2, 0.25) is 0 Å². The van der Waals surface area contributed by atoms with Gasteiger partial charge >= 0.3 is 7.25 Å². The Kier molecular flexibility index (Phi) is 5.11. The van der Waals surface area contributed by atoms with Crippen molar-refractivity contribution in [3.63, 3.8) is 0 Å². The van der Waals surface area contributed by atoms with Crippen LogP contribution in [-0.2, 0) is 6.42 Å². The Hall–Kier alpha value is -1.14. The van der Waals surface area contributed by atoms with Crippen molar-refractivity contribution in [2.24, 2.45) is 0 Å². The quantitative estimate of drug-likeness (QED) is 0.498. The van der Waals surface area contributed by atoms with Crippen LogP contribution < -0.4 is 4.79 Å². The summed E-state index contributed by atoms with van der Waals surface area (Å²) in [7, 11) is -6.00. The van der Waals surface area contributed by atoms with E-state index in [-0.39, 0.29) is 0 Å². The highest BCUT2D eigenvalue weighted by Gasteiger charge is 2.20. The lowest BCUT2D eigenvalue weighted by molar-refractivity contribution is -0.849. The molecule has 0 atom stereocenters. The Labute approximate surface area is 78.2 Å². The van der Waals surface area contributed by atoms with E-state index in [9.17, 15) is 21.7 Å². The van der Waals surface area contributed by atoms with Gasteiger partial charge in [0.25, 0.3) is 0 Å². The van der Waals surface area contributed by atoms with E-state index in [2.05, 4.69) is 0 Å². The number of nitrogens with zero attached hydrogens (tertiary/aromatic N) is 1. The number of aryl methyl sites for hydroxylation is 1. The molecule has 0 fully saturated rings. The molecule has 0 aliphatic carbocycles. The average molecular weight is 213 g/mol. The fourth-order valence-electron chi connectivity index (χ4n) is 0.728. The maximum Gasteiger partial charge on any atom is 0.673 e. The van der Waals surface area contributed by atoms with Crippen molar-refractivity contribution in [1.82, 2.24) is 0 Å². The van der Waals surface area contributed by atoms with E-state index in [1.807, 2.05) is 13.0 Å². The third-order valence-corrected chi connectivity index (χ3v) is 1.25. The Bertz CT molecular complexity index is 269. The highest BCUT2D eigenvalue weighted by Crippen LogP contribution is 2.06. The van der Waals surface area contributed by atoms with Gasteiger partial charge in [-0.15, -0.1) is 0 Å². The molecule has 0 saturated heterocycles. The molecule has 1 aromatic rings. The van der Waals surface area contributed by atoms with Crippen molar-refractivity contribution in [2.45, 2.75) is 13.3 Å². The third-order valence-electron chi connectivity index (χ3n) is 1.25. The SMILES string of the molecule is CCc1cccc[n+]1F.F[B-](F)(F)F. The molecule has 0 saturated carbocycles. The molecule has 0 bridgehead atoms. The summed E-state index contributed by atoms with van der Waals surface area (Å²) in [4.78, 5) is 0.639. The van der Waals surface area contributed by atoms with Gasteiger partial charge in [-0.3, -0.25) is 0 Å². The lowest BCUT2D eigenvalue weighted by Gasteiger charge is -1.94. The minimum atomic E-state index is -6.00. The molecule has 0 amide bonds. The van der Waals surface area contributed by atoms with E-state index in [0.29, 0.717) is 10.5 Å². The summed E-state index contributed by atoms with van der Waals surface area (Å²) in [5.74, 6) is 0.